The van der Waals surface area contributed by atoms with Crippen molar-refractivity contribution in [2.45, 2.75) is 36.6 Å². The van der Waals surface area contributed by atoms with E-state index in [9.17, 15) is 9.59 Å². The van der Waals surface area contributed by atoms with Gasteiger partial charge in [0.2, 0.25) is 11.8 Å². The van der Waals surface area contributed by atoms with Crippen LogP contribution in [0.1, 0.15) is 36.4 Å². The Hall–Kier alpha value is -1.98. The summed E-state index contributed by atoms with van der Waals surface area (Å²) in [5, 5.41) is 3.80. The molecule has 1 unspecified atom stereocenters. The molecule has 0 spiro atoms. The summed E-state index contributed by atoms with van der Waals surface area (Å²) in [5.41, 5.74) is 3.30. The standard InChI is InChI=1S/C21H21ClN2O2S/c22-15-6-7-16-14(13-15)5-8-17(16)23-20(25)9-10-21(26)24-11-12-27-19-4-2-1-3-18(19)24/h1-4,6-7,13,17H,5,8-12H2,(H,23,25). The van der Waals surface area contributed by atoms with Crippen molar-refractivity contribution in [1.29, 1.82) is 0 Å². The van der Waals surface area contributed by atoms with Crippen molar-refractivity contribution in [3.8, 4) is 0 Å². The van der Waals surface area contributed by atoms with Crippen molar-refractivity contribution >= 4 is 40.9 Å². The molecule has 4 nitrogen and oxygen atoms in total. The number of nitrogens with zero attached hydrogens (tertiary/aromatic N) is 1. The Morgan fingerprint density at radius 3 is 2.93 bits per heavy atom. The van der Waals surface area contributed by atoms with Crippen molar-refractivity contribution < 1.29 is 9.59 Å². The summed E-state index contributed by atoms with van der Waals surface area (Å²) in [6, 6.07) is 13.8. The number of carbonyl (C=O) groups excluding carboxylic acids is 2. The predicted molar refractivity (Wildman–Crippen MR) is 109 cm³/mol. The van der Waals surface area contributed by atoms with Crippen LogP contribution in [-0.2, 0) is 16.0 Å². The van der Waals surface area contributed by atoms with E-state index in [1.165, 1.54) is 5.56 Å². The Morgan fingerprint density at radius 2 is 2.04 bits per heavy atom. The summed E-state index contributed by atoms with van der Waals surface area (Å²) in [7, 11) is 0. The average molecular weight is 401 g/mol. The molecule has 0 fully saturated rings. The fourth-order valence-electron chi connectivity index (χ4n) is 3.79. The number of benzene rings is 2. The van der Waals surface area contributed by atoms with E-state index in [0.29, 0.717) is 6.54 Å². The SMILES string of the molecule is O=C(CCC(=O)N1CCSc2ccccc21)NC1CCc2cc(Cl)ccc21. The van der Waals surface area contributed by atoms with Crippen LogP contribution >= 0.6 is 23.4 Å². The lowest BCUT2D eigenvalue weighted by Crippen LogP contribution is -2.36. The highest BCUT2D eigenvalue weighted by Gasteiger charge is 2.26. The zero-order chi connectivity index (χ0) is 18.8. The quantitative estimate of drug-likeness (QED) is 0.829. The molecule has 140 valence electrons. The van der Waals surface area contributed by atoms with E-state index in [1.807, 2.05) is 47.4 Å². The van der Waals surface area contributed by atoms with Gasteiger partial charge < -0.3 is 10.2 Å². The Morgan fingerprint density at radius 1 is 1.19 bits per heavy atom. The van der Waals surface area contributed by atoms with Crippen molar-refractivity contribution in [2.75, 3.05) is 17.2 Å². The number of amides is 2. The number of thioether (sulfide) groups is 1. The van der Waals surface area contributed by atoms with Gasteiger partial charge in [-0.3, -0.25) is 9.59 Å². The third-order valence-corrected chi connectivity index (χ3v) is 6.39. The topological polar surface area (TPSA) is 49.4 Å². The van der Waals surface area contributed by atoms with Gasteiger partial charge in [-0.25, -0.2) is 0 Å². The first-order chi connectivity index (χ1) is 13.1. The van der Waals surface area contributed by atoms with Crippen molar-refractivity contribution in [1.82, 2.24) is 5.32 Å². The largest absolute Gasteiger partial charge is 0.349 e. The lowest BCUT2D eigenvalue weighted by molar-refractivity contribution is -0.125. The number of halogens is 1. The molecular formula is C21H21ClN2O2S. The molecule has 4 rings (SSSR count). The molecule has 0 aromatic heterocycles. The summed E-state index contributed by atoms with van der Waals surface area (Å²) in [6.07, 6.45) is 2.24. The summed E-state index contributed by atoms with van der Waals surface area (Å²) >= 11 is 7.81. The lowest BCUT2D eigenvalue weighted by Gasteiger charge is -2.29. The van der Waals surface area contributed by atoms with E-state index in [-0.39, 0.29) is 30.7 Å². The smallest absolute Gasteiger partial charge is 0.227 e. The molecule has 0 saturated carbocycles. The Labute approximate surface area is 168 Å². The van der Waals surface area contributed by atoms with Crippen molar-refractivity contribution in [3.63, 3.8) is 0 Å². The van der Waals surface area contributed by atoms with Gasteiger partial charge in [0.15, 0.2) is 0 Å². The normalized spacial score (nSPS) is 18.0. The van der Waals surface area contributed by atoms with Crippen LogP contribution in [0.3, 0.4) is 0 Å². The highest BCUT2D eigenvalue weighted by Crippen LogP contribution is 2.35. The lowest BCUT2D eigenvalue weighted by atomic mass is 10.1. The number of hydrogen-bond acceptors (Lipinski definition) is 3. The van der Waals surface area contributed by atoms with Gasteiger partial charge in [-0.15, -0.1) is 11.8 Å². The average Bonchev–Trinajstić information content (AvgIpc) is 3.07. The van der Waals surface area contributed by atoms with Gasteiger partial charge in [-0.2, -0.15) is 0 Å². The van der Waals surface area contributed by atoms with E-state index in [0.717, 1.165) is 39.8 Å². The zero-order valence-electron chi connectivity index (χ0n) is 14.9. The molecule has 1 aliphatic heterocycles. The van der Waals surface area contributed by atoms with Crippen LogP contribution in [0.2, 0.25) is 5.02 Å². The molecule has 1 heterocycles. The van der Waals surface area contributed by atoms with Crippen LogP contribution < -0.4 is 10.2 Å². The number of hydrogen-bond donors (Lipinski definition) is 1. The Bertz CT molecular complexity index is 886. The van der Waals surface area contributed by atoms with Gasteiger partial charge >= 0.3 is 0 Å². The van der Waals surface area contributed by atoms with E-state index < -0.39 is 0 Å². The van der Waals surface area contributed by atoms with Gasteiger partial charge in [-0.1, -0.05) is 29.8 Å². The van der Waals surface area contributed by atoms with E-state index in [1.54, 1.807) is 11.8 Å². The summed E-state index contributed by atoms with van der Waals surface area (Å²) in [5.74, 6) is 0.823. The van der Waals surface area contributed by atoms with Crippen LogP contribution in [0.5, 0.6) is 0 Å². The second-order valence-corrected chi connectivity index (χ2v) is 8.44. The molecule has 6 heteroatoms. The summed E-state index contributed by atoms with van der Waals surface area (Å²) in [4.78, 5) is 28.0. The maximum atomic E-state index is 12.7. The van der Waals surface area contributed by atoms with Crippen LogP contribution in [0.25, 0.3) is 0 Å². The van der Waals surface area contributed by atoms with E-state index in [4.69, 9.17) is 11.6 Å². The minimum Gasteiger partial charge on any atom is -0.349 e. The highest BCUT2D eigenvalue weighted by molar-refractivity contribution is 7.99. The predicted octanol–water partition coefficient (Wildman–Crippen LogP) is 4.36. The monoisotopic (exact) mass is 400 g/mol. The number of fused-ring (bicyclic) bond motifs is 2. The van der Waals surface area contributed by atoms with Gasteiger partial charge in [-0.05, 0) is 48.2 Å². The fraction of sp³-hybridized carbons (Fsp3) is 0.333. The number of aryl methyl sites for hydroxylation is 1. The molecule has 2 aliphatic rings. The van der Waals surface area contributed by atoms with E-state index in [2.05, 4.69) is 5.32 Å². The number of carbonyl (C=O) groups is 2. The molecule has 27 heavy (non-hydrogen) atoms. The molecule has 2 amide bonds. The summed E-state index contributed by atoms with van der Waals surface area (Å²) in [6.45, 7) is 0.693. The van der Waals surface area contributed by atoms with Gasteiger partial charge in [0.25, 0.3) is 0 Å². The molecule has 2 aromatic carbocycles. The minimum absolute atomic E-state index is 0.0107. The zero-order valence-corrected chi connectivity index (χ0v) is 16.5. The fourth-order valence-corrected chi connectivity index (χ4v) is 4.98. The van der Waals surface area contributed by atoms with Gasteiger partial charge in [0, 0.05) is 35.1 Å². The Kier molecular flexibility index (Phi) is 5.41. The molecule has 2 aromatic rings. The first kappa shape index (κ1) is 18.4. The van der Waals surface area contributed by atoms with Crippen molar-refractivity contribution in [3.05, 3.63) is 58.6 Å². The number of rotatable bonds is 4. The number of nitrogens with one attached hydrogen (secondary N) is 1. The number of para-hydroxylation sites is 1. The molecule has 0 radical (unpaired) electrons. The maximum Gasteiger partial charge on any atom is 0.227 e. The first-order valence-corrected chi connectivity index (χ1v) is 10.6. The molecule has 1 atom stereocenters. The second kappa shape index (κ2) is 7.95. The molecule has 1 aliphatic carbocycles. The van der Waals surface area contributed by atoms with Gasteiger partial charge in [0.05, 0.1) is 11.7 Å². The molecular weight excluding hydrogens is 380 g/mol. The molecule has 0 saturated heterocycles. The van der Waals surface area contributed by atoms with E-state index >= 15 is 0 Å². The second-order valence-electron chi connectivity index (χ2n) is 6.86. The third kappa shape index (κ3) is 3.99. The number of anilines is 1. The van der Waals surface area contributed by atoms with Crippen LogP contribution in [0, 0.1) is 0 Å². The van der Waals surface area contributed by atoms with Crippen LogP contribution in [-0.4, -0.2) is 24.1 Å². The van der Waals surface area contributed by atoms with Gasteiger partial charge in [0.1, 0.15) is 0 Å². The van der Waals surface area contributed by atoms with Crippen LogP contribution in [0.4, 0.5) is 5.69 Å². The first-order valence-electron chi connectivity index (χ1n) is 9.22. The highest BCUT2D eigenvalue weighted by atomic mass is 35.5. The maximum absolute atomic E-state index is 12.7. The molecule has 1 N–H and O–H groups in total. The summed E-state index contributed by atoms with van der Waals surface area (Å²) < 4.78 is 0. The van der Waals surface area contributed by atoms with Crippen molar-refractivity contribution in [2.24, 2.45) is 0 Å². The van der Waals surface area contributed by atoms with Crippen LogP contribution in [0.15, 0.2) is 47.4 Å². The molecule has 0 bridgehead atoms. The Balaban J connectivity index is 1.34. The third-order valence-electron chi connectivity index (χ3n) is 5.11. The minimum atomic E-state index is -0.0733.